The second-order valence-electron chi connectivity index (χ2n) is 4.85. The molecule has 0 bridgehead atoms. The summed E-state index contributed by atoms with van der Waals surface area (Å²) in [6.45, 7) is -0.0922. The molecule has 0 aliphatic rings. The molecule has 0 spiro atoms. The smallest absolute Gasteiger partial charge is 0.263 e. The van der Waals surface area contributed by atoms with Gasteiger partial charge in [0.2, 0.25) is 0 Å². The molecule has 0 aliphatic carbocycles. The second kappa shape index (κ2) is 6.71. The predicted molar refractivity (Wildman–Crippen MR) is 95.0 cm³/mol. The summed E-state index contributed by atoms with van der Waals surface area (Å²) in [5.41, 5.74) is 0.497. The van der Waals surface area contributed by atoms with Gasteiger partial charge in [-0.3, -0.25) is 9.59 Å². The van der Waals surface area contributed by atoms with Crippen molar-refractivity contribution in [3.8, 4) is 0 Å². The van der Waals surface area contributed by atoms with Gasteiger partial charge in [0.15, 0.2) is 5.78 Å². The molecule has 0 saturated heterocycles. The molecular formula is C17H11Cl2NO2S. The molecule has 0 aliphatic heterocycles. The van der Waals surface area contributed by atoms with Crippen molar-refractivity contribution in [1.29, 1.82) is 0 Å². The van der Waals surface area contributed by atoms with Crippen molar-refractivity contribution in [2.45, 2.75) is 0 Å². The number of benzene rings is 2. The van der Waals surface area contributed by atoms with Crippen LogP contribution in [-0.4, -0.2) is 18.2 Å². The lowest BCUT2D eigenvalue weighted by Gasteiger charge is -2.04. The van der Waals surface area contributed by atoms with Crippen molar-refractivity contribution in [3.63, 3.8) is 0 Å². The van der Waals surface area contributed by atoms with E-state index in [1.54, 1.807) is 24.3 Å². The van der Waals surface area contributed by atoms with Crippen molar-refractivity contribution in [3.05, 3.63) is 69.0 Å². The van der Waals surface area contributed by atoms with E-state index in [4.69, 9.17) is 23.2 Å². The highest BCUT2D eigenvalue weighted by Crippen LogP contribution is 2.34. The summed E-state index contributed by atoms with van der Waals surface area (Å²) in [5.74, 6) is -0.536. The van der Waals surface area contributed by atoms with Gasteiger partial charge in [-0.1, -0.05) is 41.4 Å². The van der Waals surface area contributed by atoms with Gasteiger partial charge >= 0.3 is 0 Å². The predicted octanol–water partition coefficient (Wildman–Crippen LogP) is 4.82. The van der Waals surface area contributed by atoms with Gasteiger partial charge in [0.1, 0.15) is 4.88 Å². The average Bonchev–Trinajstić information content (AvgIpc) is 2.90. The molecule has 1 N–H and O–H groups in total. The Hall–Kier alpha value is -1.88. The first kappa shape index (κ1) is 16.0. The van der Waals surface area contributed by atoms with Gasteiger partial charge in [-0.2, -0.15) is 0 Å². The minimum Gasteiger partial charge on any atom is -0.344 e. The number of carbonyl (C=O) groups is 2. The molecule has 0 saturated carbocycles. The van der Waals surface area contributed by atoms with E-state index in [0.29, 0.717) is 20.5 Å². The van der Waals surface area contributed by atoms with Crippen LogP contribution in [0.25, 0.3) is 10.1 Å². The van der Waals surface area contributed by atoms with Gasteiger partial charge in [-0.15, -0.1) is 11.3 Å². The number of thiophene rings is 1. The first-order valence-electron chi connectivity index (χ1n) is 6.80. The summed E-state index contributed by atoms with van der Waals surface area (Å²) < 4.78 is 0.937. The van der Waals surface area contributed by atoms with Gasteiger partial charge in [0, 0.05) is 20.7 Å². The van der Waals surface area contributed by atoms with E-state index in [9.17, 15) is 9.59 Å². The van der Waals surface area contributed by atoms with Crippen LogP contribution in [0.1, 0.15) is 20.0 Å². The van der Waals surface area contributed by atoms with Gasteiger partial charge < -0.3 is 5.32 Å². The maximum atomic E-state index is 12.3. The number of fused-ring (bicyclic) bond motifs is 1. The fourth-order valence-corrected chi connectivity index (χ4v) is 3.70. The molecule has 1 heterocycles. The standard InChI is InChI=1S/C17H11Cl2NO2S/c18-11-7-5-10(6-8-11)13(21)9-20-17(22)16-15(19)12-3-1-2-4-14(12)23-16/h1-8H,9H2,(H,20,22). The third-order valence-electron chi connectivity index (χ3n) is 3.32. The summed E-state index contributed by atoms with van der Waals surface area (Å²) in [7, 11) is 0. The minimum atomic E-state index is -0.349. The Morgan fingerprint density at radius 2 is 1.70 bits per heavy atom. The Bertz CT molecular complexity index is 887. The van der Waals surface area contributed by atoms with Crippen LogP contribution >= 0.6 is 34.5 Å². The monoisotopic (exact) mass is 363 g/mol. The summed E-state index contributed by atoms with van der Waals surface area (Å²) in [6.07, 6.45) is 0. The highest BCUT2D eigenvalue weighted by atomic mass is 35.5. The third kappa shape index (κ3) is 3.39. The van der Waals surface area contributed by atoms with E-state index in [-0.39, 0.29) is 18.2 Å². The number of amides is 1. The second-order valence-corrected chi connectivity index (χ2v) is 6.72. The highest BCUT2D eigenvalue weighted by Gasteiger charge is 2.17. The van der Waals surface area contributed by atoms with E-state index >= 15 is 0 Å². The fraction of sp³-hybridized carbons (Fsp3) is 0.0588. The number of halogens is 2. The normalized spacial score (nSPS) is 10.7. The van der Waals surface area contributed by atoms with Crippen molar-refractivity contribution in [2.24, 2.45) is 0 Å². The molecule has 0 fully saturated rings. The van der Waals surface area contributed by atoms with E-state index < -0.39 is 0 Å². The molecule has 1 aromatic heterocycles. The molecule has 6 heteroatoms. The summed E-state index contributed by atoms with van der Waals surface area (Å²) in [4.78, 5) is 24.7. The fourth-order valence-electron chi connectivity index (χ4n) is 2.14. The molecule has 3 nitrogen and oxygen atoms in total. The lowest BCUT2D eigenvalue weighted by molar-refractivity contribution is 0.0907. The third-order valence-corrected chi connectivity index (χ3v) is 5.24. The lowest BCUT2D eigenvalue weighted by Crippen LogP contribution is -2.29. The van der Waals surface area contributed by atoms with Crippen molar-refractivity contribution < 1.29 is 9.59 Å². The van der Waals surface area contributed by atoms with Crippen LogP contribution in [0.15, 0.2) is 48.5 Å². The first-order valence-corrected chi connectivity index (χ1v) is 8.37. The number of nitrogens with one attached hydrogen (secondary N) is 1. The molecule has 0 unspecified atom stereocenters. The van der Waals surface area contributed by atoms with E-state index in [0.717, 1.165) is 10.1 Å². The zero-order valence-corrected chi connectivity index (χ0v) is 14.1. The van der Waals surface area contributed by atoms with Gasteiger partial charge in [0.25, 0.3) is 5.91 Å². The van der Waals surface area contributed by atoms with Crippen molar-refractivity contribution in [1.82, 2.24) is 5.32 Å². The number of rotatable bonds is 4. The summed E-state index contributed by atoms with van der Waals surface area (Å²) in [6, 6.07) is 14.1. The van der Waals surface area contributed by atoms with Crippen LogP contribution in [0.5, 0.6) is 0 Å². The maximum absolute atomic E-state index is 12.3. The maximum Gasteiger partial charge on any atom is 0.263 e. The number of carbonyl (C=O) groups excluding carboxylic acids is 2. The highest BCUT2D eigenvalue weighted by molar-refractivity contribution is 7.21. The Morgan fingerprint density at radius 1 is 1.00 bits per heavy atom. The molecule has 0 atom stereocenters. The molecule has 3 rings (SSSR count). The minimum absolute atomic E-state index is 0.0922. The zero-order chi connectivity index (χ0) is 16.4. The molecule has 0 radical (unpaired) electrons. The van der Waals surface area contributed by atoms with Crippen molar-refractivity contribution >= 4 is 56.3 Å². The molecule has 23 heavy (non-hydrogen) atoms. The zero-order valence-electron chi connectivity index (χ0n) is 11.8. The molecule has 3 aromatic rings. The Labute approximate surface area is 146 Å². The molecule has 116 valence electrons. The van der Waals surface area contributed by atoms with Crippen LogP contribution < -0.4 is 5.32 Å². The van der Waals surface area contributed by atoms with Crippen LogP contribution in [-0.2, 0) is 0 Å². The van der Waals surface area contributed by atoms with Gasteiger partial charge in [-0.05, 0) is 30.3 Å². The first-order chi connectivity index (χ1) is 11.1. The Kier molecular flexibility index (Phi) is 4.66. The number of ketones is 1. The number of hydrogen-bond donors (Lipinski definition) is 1. The average molecular weight is 364 g/mol. The quantitative estimate of drug-likeness (QED) is 0.675. The molecule has 2 aromatic carbocycles. The molecule has 1 amide bonds. The molecular weight excluding hydrogens is 353 g/mol. The summed E-state index contributed by atoms with van der Waals surface area (Å²) in [5, 5.41) is 4.44. The van der Waals surface area contributed by atoms with Crippen molar-refractivity contribution in [2.75, 3.05) is 6.54 Å². The largest absolute Gasteiger partial charge is 0.344 e. The lowest BCUT2D eigenvalue weighted by atomic mass is 10.1. The van der Waals surface area contributed by atoms with Crippen LogP contribution in [0, 0.1) is 0 Å². The Morgan fingerprint density at radius 3 is 2.39 bits per heavy atom. The van der Waals surface area contributed by atoms with Crippen LogP contribution in [0.2, 0.25) is 10.0 Å². The van der Waals surface area contributed by atoms with Crippen LogP contribution in [0.3, 0.4) is 0 Å². The van der Waals surface area contributed by atoms with E-state index in [1.807, 2.05) is 24.3 Å². The van der Waals surface area contributed by atoms with Gasteiger partial charge in [0.05, 0.1) is 11.6 Å². The van der Waals surface area contributed by atoms with Gasteiger partial charge in [-0.25, -0.2) is 0 Å². The Balaban J connectivity index is 1.72. The number of Topliss-reactive ketones (excluding diaryl/α,β-unsaturated/α-hetero) is 1. The van der Waals surface area contributed by atoms with Crippen LogP contribution in [0.4, 0.5) is 0 Å². The van der Waals surface area contributed by atoms with E-state index in [1.165, 1.54) is 11.3 Å². The SMILES string of the molecule is O=C(CNC(=O)c1sc2ccccc2c1Cl)c1ccc(Cl)cc1. The van der Waals surface area contributed by atoms with E-state index in [2.05, 4.69) is 5.32 Å². The summed E-state index contributed by atoms with van der Waals surface area (Å²) >= 11 is 13.3. The number of hydrogen-bond acceptors (Lipinski definition) is 3. The topological polar surface area (TPSA) is 46.2 Å².